The van der Waals surface area contributed by atoms with Crippen molar-refractivity contribution in [2.24, 2.45) is 0 Å². The van der Waals surface area contributed by atoms with Gasteiger partial charge in [0.05, 0.1) is 13.2 Å². The number of nitrogens with zero attached hydrogens (tertiary/aromatic N) is 2. The molecule has 0 radical (unpaired) electrons. The minimum absolute atomic E-state index is 0.0481. The molecule has 4 nitrogen and oxygen atoms in total. The van der Waals surface area contributed by atoms with Crippen molar-refractivity contribution in [1.82, 2.24) is 9.80 Å². The number of hydrogen-bond acceptors (Lipinski definition) is 4. The summed E-state index contributed by atoms with van der Waals surface area (Å²) in [6.45, 7) is 2.85. The van der Waals surface area contributed by atoms with Crippen LogP contribution in [-0.2, 0) is 11.2 Å². The normalized spacial score (nSPS) is 20.9. The molecule has 0 spiro atoms. The van der Waals surface area contributed by atoms with Crippen molar-refractivity contribution >= 4 is 5.78 Å². The highest BCUT2D eigenvalue weighted by atomic mass is 16.5. The van der Waals surface area contributed by atoms with Crippen LogP contribution in [0.25, 0.3) is 0 Å². The van der Waals surface area contributed by atoms with E-state index < -0.39 is 0 Å². The Balaban J connectivity index is 1.87. The highest BCUT2D eigenvalue weighted by molar-refractivity contribution is 5.84. The van der Waals surface area contributed by atoms with Gasteiger partial charge in [0.1, 0.15) is 5.75 Å². The Morgan fingerprint density at radius 1 is 1.25 bits per heavy atom. The number of rotatable bonds is 5. The Morgan fingerprint density at radius 2 is 1.95 bits per heavy atom. The van der Waals surface area contributed by atoms with Crippen LogP contribution < -0.4 is 4.74 Å². The molecule has 1 unspecified atom stereocenters. The number of ketones is 1. The Labute approximate surface area is 121 Å². The lowest BCUT2D eigenvalue weighted by Gasteiger charge is -2.36. The minimum Gasteiger partial charge on any atom is -0.497 e. The van der Waals surface area contributed by atoms with E-state index in [1.54, 1.807) is 7.11 Å². The quantitative estimate of drug-likeness (QED) is 0.815. The highest BCUT2D eigenvalue weighted by Gasteiger charge is 2.27. The van der Waals surface area contributed by atoms with Crippen LogP contribution in [0.5, 0.6) is 5.75 Å². The van der Waals surface area contributed by atoms with Crippen LogP contribution in [-0.4, -0.2) is 62.5 Å². The van der Waals surface area contributed by atoms with E-state index in [1.807, 2.05) is 31.3 Å². The van der Waals surface area contributed by atoms with Crippen LogP contribution in [0.15, 0.2) is 24.3 Å². The molecule has 20 heavy (non-hydrogen) atoms. The van der Waals surface area contributed by atoms with Gasteiger partial charge in [-0.2, -0.15) is 0 Å². The van der Waals surface area contributed by atoms with E-state index in [0.717, 1.165) is 31.8 Å². The van der Waals surface area contributed by atoms with E-state index in [-0.39, 0.29) is 6.04 Å². The molecule has 1 saturated heterocycles. The van der Waals surface area contributed by atoms with Gasteiger partial charge in [-0.25, -0.2) is 0 Å². The molecule has 0 N–H and O–H groups in total. The average molecular weight is 276 g/mol. The first-order chi connectivity index (χ1) is 9.60. The van der Waals surface area contributed by atoms with E-state index in [0.29, 0.717) is 12.2 Å². The second kappa shape index (κ2) is 6.86. The van der Waals surface area contributed by atoms with Crippen LogP contribution in [0.1, 0.15) is 12.0 Å². The highest BCUT2D eigenvalue weighted by Crippen LogP contribution is 2.14. The molecular weight excluding hydrogens is 252 g/mol. The third-order valence-corrected chi connectivity index (χ3v) is 4.04. The summed E-state index contributed by atoms with van der Waals surface area (Å²) in [6, 6.07) is 8.00. The summed E-state index contributed by atoms with van der Waals surface area (Å²) in [5.41, 5.74) is 1.19. The molecule has 0 aliphatic carbocycles. The van der Waals surface area contributed by atoms with Gasteiger partial charge in [-0.05, 0) is 38.2 Å². The van der Waals surface area contributed by atoms with Gasteiger partial charge in [0.15, 0.2) is 5.78 Å². The van der Waals surface area contributed by atoms with Gasteiger partial charge < -0.3 is 9.64 Å². The van der Waals surface area contributed by atoms with Gasteiger partial charge in [-0.3, -0.25) is 9.69 Å². The van der Waals surface area contributed by atoms with Crippen molar-refractivity contribution in [2.75, 3.05) is 40.8 Å². The molecule has 1 aliphatic rings. The van der Waals surface area contributed by atoms with Crippen LogP contribution >= 0.6 is 0 Å². The van der Waals surface area contributed by atoms with Crippen molar-refractivity contribution in [3.63, 3.8) is 0 Å². The molecule has 0 saturated carbocycles. The number of hydrogen-bond donors (Lipinski definition) is 0. The minimum atomic E-state index is 0.0481. The number of benzene rings is 1. The zero-order valence-corrected chi connectivity index (χ0v) is 12.6. The Bertz CT molecular complexity index is 444. The summed E-state index contributed by atoms with van der Waals surface area (Å²) in [5, 5.41) is 0. The first kappa shape index (κ1) is 15.0. The lowest BCUT2D eigenvalue weighted by atomic mass is 10.0. The lowest BCUT2D eigenvalue weighted by Crippen LogP contribution is -2.53. The van der Waals surface area contributed by atoms with E-state index >= 15 is 0 Å². The molecule has 1 aromatic carbocycles. The standard InChI is InChI=1S/C16H24N2O2/c1-17-10-11-18(2)15(12-17)16(19)9-6-13-4-7-14(20-3)8-5-13/h4-5,7-8,15H,6,9-12H2,1-3H3. The topological polar surface area (TPSA) is 32.8 Å². The fraction of sp³-hybridized carbons (Fsp3) is 0.562. The summed E-state index contributed by atoms with van der Waals surface area (Å²) >= 11 is 0. The fourth-order valence-electron chi connectivity index (χ4n) is 2.58. The predicted molar refractivity (Wildman–Crippen MR) is 80.2 cm³/mol. The summed E-state index contributed by atoms with van der Waals surface area (Å²) < 4.78 is 5.14. The summed E-state index contributed by atoms with van der Waals surface area (Å²) in [6.07, 6.45) is 1.41. The third-order valence-electron chi connectivity index (χ3n) is 4.04. The first-order valence-electron chi connectivity index (χ1n) is 7.14. The lowest BCUT2D eigenvalue weighted by molar-refractivity contribution is -0.125. The van der Waals surface area contributed by atoms with Gasteiger partial charge >= 0.3 is 0 Å². The maximum Gasteiger partial charge on any atom is 0.151 e. The fourth-order valence-corrected chi connectivity index (χ4v) is 2.58. The smallest absolute Gasteiger partial charge is 0.151 e. The molecule has 1 aromatic rings. The van der Waals surface area contributed by atoms with Crippen molar-refractivity contribution in [1.29, 1.82) is 0 Å². The molecule has 2 rings (SSSR count). The second-order valence-electron chi connectivity index (χ2n) is 5.57. The second-order valence-corrected chi connectivity index (χ2v) is 5.57. The Kier molecular flexibility index (Phi) is 5.15. The molecule has 0 aromatic heterocycles. The van der Waals surface area contributed by atoms with Crippen molar-refractivity contribution in [3.8, 4) is 5.75 Å². The molecule has 0 amide bonds. The van der Waals surface area contributed by atoms with E-state index in [2.05, 4.69) is 16.8 Å². The van der Waals surface area contributed by atoms with E-state index in [1.165, 1.54) is 5.56 Å². The molecule has 1 aliphatic heterocycles. The number of likely N-dealkylation sites (N-methyl/N-ethyl adjacent to an activating group) is 2. The van der Waals surface area contributed by atoms with Gasteiger partial charge in [-0.15, -0.1) is 0 Å². The van der Waals surface area contributed by atoms with E-state index in [4.69, 9.17) is 4.74 Å². The first-order valence-corrected chi connectivity index (χ1v) is 7.14. The Morgan fingerprint density at radius 3 is 2.60 bits per heavy atom. The number of ether oxygens (including phenoxy) is 1. The summed E-state index contributed by atoms with van der Waals surface area (Å²) in [7, 11) is 5.79. The van der Waals surface area contributed by atoms with Gasteiger partial charge in [0, 0.05) is 26.1 Å². The van der Waals surface area contributed by atoms with Crippen LogP contribution in [0.4, 0.5) is 0 Å². The molecule has 110 valence electrons. The zero-order valence-electron chi connectivity index (χ0n) is 12.6. The maximum absolute atomic E-state index is 12.4. The monoisotopic (exact) mass is 276 g/mol. The van der Waals surface area contributed by atoms with Crippen LogP contribution in [0.3, 0.4) is 0 Å². The Hall–Kier alpha value is -1.39. The van der Waals surface area contributed by atoms with Crippen molar-refractivity contribution in [2.45, 2.75) is 18.9 Å². The number of aryl methyl sites for hydroxylation is 1. The summed E-state index contributed by atoms with van der Waals surface area (Å²) in [4.78, 5) is 16.8. The number of Topliss-reactive ketones (excluding diaryl/α,β-unsaturated/α-hetero) is 1. The maximum atomic E-state index is 12.4. The number of carbonyl (C=O) groups excluding carboxylic acids is 1. The van der Waals surface area contributed by atoms with Crippen LogP contribution in [0, 0.1) is 0 Å². The van der Waals surface area contributed by atoms with Crippen LogP contribution in [0.2, 0.25) is 0 Å². The molecule has 4 heteroatoms. The molecular formula is C16H24N2O2. The van der Waals surface area contributed by atoms with Gasteiger partial charge in [0.25, 0.3) is 0 Å². The largest absolute Gasteiger partial charge is 0.497 e. The average Bonchev–Trinajstić information content (AvgIpc) is 2.47. The zero-order chi connectivity index (χ0) is 14.5. The van der Waals surface area contributed by atoms with Gasteiger partial charge in [0.2, 0.25) is 0 Å². The predicted octanol–water partition coefficient (Wildman–Crippen LogP) is 1.44. The molecule has 1 fully saturated rings. The third kappa shape index (κ3) is 3.81. The van der Waals surface area contributed by atoms with Crippen molar-refractivity contribution < 1.29 is 9.53 Å². The number of carbonyl (C=O) groups is 1. The van der Waals surface area contributed by atoms with Crippen molar-refractivity contribution in [3.05, 3.63) is 29.8 Å². The van der Waals surface area contributed by atoms with E-state index in [9.17, 15) is 4.79 Å². The summed E-state index contributed by atoms with van der Waals surface area (Å²) in [5.74, 6) is 1.20. The molecule has 1 atom stereocenters. The SMILES string of the molecule is COc1ccc(CCC(=O)C2CN(C)CCN2C)cc1. The number of methoxy groups -OCH3 is 1. The molecule has 1 heterocycles. The van der Waals surface area contributed by atoms with Gasteiger partial charge in [-0.1, -0.05) is 12.1 Å². The number of piperazine rings is 1. The molecule has 0 bridgehead atoms.